The smallest absolute Gasteiger partial charge is 0.410 e. The van der Waals surface area contributed by atoms with Crippen LogP contribution in [0.3, 0.4) is 0 Å². The summed E-state index contributed by atoms with van der Waals surface area (Å²) in [6, 6.07) is -0.0256. The minimum atomic E-state index is -0.469. The maximum absolute atomic E-state index is 11.5. The molecule has 0 bridgehead atoms. The predicted octanol–water partition coefficient (Wildman–Crippen LogP) is 1.44. The van der Waals surface area contributed by atoms with E-state index in [9.17, 15) is 9.59 Å². The number of amides is 1. The monoisotopic (exact) mass is 199 g/mol. The van der Waals surface area contributed by atoms with Gasteiger partial charge in [-0.15, -0.1) is 0 Å². The highest BCUT2D eigenvalue weighted by atomic mass is 16.6. The fourth-order valence-corrected chi connectivity index (χ4v) is 1.36. The van der Waals surface area contributed by atoms with Crippen molar-refractivity contribution in [2.45, 2.75) is 39.3 Å². The summed E-state index contributed by atoms with van der Waals surface area (Å²) in [5.41, 5.74) is -0.469. The second-order valence-corrected chi connectivity index (χ2v) is 4.67. The average molecular weight is 199 g/mol. The highest BCUT2D eigenvalue weighted by Gasteiger charge is 2.40. The van der Waals surface area contributed by atoms with E-state index in [0.717, 1.165) is 6.29 Å². The van der Waals surface area contributed by atoms with Crippen LogP contribution in [0.25, 0.3) is 0 Å². The number of hydrogen-bond acceptors (Lipinski definition) is 3. The SMILES string of the molecule is CC1C(C=O)CN1C(=O)OC(C)(C)C. The lowest BCUT2D eigenvalue weighted by Gasteiger charge is -2.43. The first-order valence-electron chi connectivity index (χ1n) is 4.80. The molecule has 0 spiro atoms. The molecule has 0 aromatic heterocycles. The molecule has 0 aromatic rings. The van der Waals surface area contributed by atoms with Crippen molar-refractivity contribution in [2.75, 3.05) is 6.54 Å². The predicted molar refractivity (Wildman–Crippen MR) is 52.0 cm³/mol. The van der Waals surface area contributed by atoms with Gasteiger partial charge in [0.2, 0.25) is 0 Å². The maximum atomic E-state index is 11.5. The van der Waals surface area contributed by atoms with Crippen molar-refractivity contribution in [3.63, 3.8) is 0 Å². The zero-order chi connectivity index (χ0) is 10.9. The molecule has 1 fully saturated rings. The van der Waals surface area contributed by atoms with Gasteiger partial charge in [-0.3, -0.25) is 0 Å². The highest BCUT2D eigenvalue weighted by Crippen LogP contribution is 2.24. The zero-order valence-corrected chi connectivity index (χ0v) is 9.11. The summed E-state index contributed by atoms with van der Waals surface area (Å²) < 4.78 is 5.18. The lowest BCUT2D eigenvalue weighted by Crippen LogP contribution is -2.58. The zero-order valence-electron chi connectivity index (χ0n) is 9.11. The van der Waals surface area contributed by atoms with Crippen molar-refractivity contribution in [2.24, 2.45) is 5.92 Å². The first kappa shape index (κ1) is 11.0. The second-order valence-electron chi connectivity index (χ2n) is 4.67. The summed E-state index contributed by atoms with van der Waals surface area (Å²) in [5.74, 6) is -0.0254. The molecule has 0 saturated carbocycles. The van der Waals surface area contributed by atoms with E-state index >= 15 is 0 Å². The number of rotatable bonds is 1. The largest absolute Gasteiger partial charge is 0.444 e. The minimum Gasteiger partial charge on any atom is -0.444 e. The van der Waals surface area contributed by atoms with Gasteiger partial charge in [-0.2, -0.15) is 0 Å². The van der Waals surface area contributed by atoms with Crippen molar-refractivity contribution >= 4 is 12.4 Å². The normalized spacial score (nSPS) is 26.7. The molecule has 0 aliphatic carbocycles. The van der Waals surface area contributed by atoms with Crippen molar-refractivity contribution in [1.82, 2.24) is 4.90 Å². The first-order chi connectivity index (χ1) is 6.35. The number of carbonyl (C=O) groups excluding carboxylic acids is 2. The molecule has 1 aliphatic rings. The van der Waals surface area contributed by atoms with Crippen molar-refractivity contribution < 1.29 is 14.3 Å². The Morgan fingerprint density at radius 3 is 2.43 bits per heavy atom. The Kier molecular flexibility index (Phi) is 2.83. The first-order valence-corrected chi connectivity index (χ1v) is 4.80. The lowest BCUT2D eigenvalue weighted by atomic mass is 9.92. The average Bonchev–Trinajstić information content (AvgIpc) is 1.99. The van der Waals surface area contributed by atoms with Gasteiger partial charge >= 0.3 is 6.09 Å². The van der Waals surface area contributed by atoms with E-state index in [1.807, 2.05) is 27.7 Å². The van der Waals surface area contributed by atoms with Crippen LogP contribution in [-0.4, -0.2) is 35.5 Å². The summed E-state index contributed by atoms with van der Waals surface area (Å²) in [6.45, 7) is 7.82. The van der Waals surface area contributed by atoms with E-state index < -0.39 is 5.60 Å². The number of likely N-dealkylation sites (tertiary alicyclic amines) is 1. The van der Waals surface area contributed by atoms with E-state index in [0.29, 0.717) is 6.54 Å². The lowest BCUT2D eigenvalue weighted by molar-refractivity contribution is -0.118. The van der Waals surface area contributed by atoms with Crippen LogP contribution in [0.1, 0.15) is 27.7 Å². The van der Waals surface area contributed by atoms with Crippen LogP contribution in [0.2, 0.25) is 0 Å². The van der Waals surface area contributed by atoms with E-state index in [2.05, 4.69) is 0 Å². The molecule has 4 heteroatoms. The van der Waals surface area contributed by atoms with Crippen LogP contribution in [0.4, 0.5) is 4.79 Å². The molecule has 0 radical (unpaired) electrons. The van der Waals surface area contributed by atoms with E-state index in [1.165, 1.54) is 0 Å². The molecule has 1 rings (SSSR count). The van der Waals surface area contributed by atoms with Gasteiger partial charge < -0.3 is 14.4 Å². The summed E-state index contributed by atoms with van der Waals surface area (Å²) >= 11 is 0. The van der Waals surface area contributed by atoms with E-state index in [-0.39, 0.29) is 18.1 Å². The number of nitrogens with zero attached hydrogens (tertiary/aromatic N) is 1. The van der Waals surface area contributed by atoms with Gasteiger partial charge in [0.1, 0.15) is 11.9 Å². The van der Waals surface area contributed by atoms with Crippen molar-refractivity contribution in [3.8, 4) is 0 Å². The molecule has 2 atom stereocenters. The summed E-state index contributed by atoms with van der Waals surface area (Å²) in [7, 11) is 0. The Balaban J connectivity index is 2.45. The van der Waals surface area contributed by atoms with Crippen LogP contribution in [-0.2, 0) is 9.53 Å². The fraction of sp³-hybridized carbons (Fsp3) is 0.800. The van der Waals surface area contributed by atoms with Gasteiger partial charge in [-0.1, -0.05) is 0 Å². The molecule has 4 nitrogen and oxygen atoms in total. The number of aldehydes is 1. The molecular formula is C10H17NO3. The summed E-state index contributed by atoms with van der Waals surface area (Å²) in [4.78, 5) is 23.5. The second kappa shape index (κ2) is 3.59. The third-order valence-corrected chi connectivity index (χ3v) is 2.32. The van der Waals surface area contributed by atoms with Crippen LogP contribution >= 0.6 is 0 Å². The molecule has 0 N–H and O–H groups in total. The van der Waals surface area contributed by atoms with Crippen LogP contribution in [0.15, 0.2) is 0 Å². The number of hydrogen-bond donors (Lipinski definition) is 0. The third-order valence-electron chi connectivity index (χ3n) is 2.32. The van der Waals surface area contributed by atoms with Gasteiger partial charge in [0, 0.05) is 12.6 Å². The molecule has 1 amide bonds. The molecule has 80 valence electrons. The van der Waals surface area contributed by atoms with Gasteiger partial charge in [-0.05, 0) is 27.7 Å². The topological polar surface area (TPSA) is 46.6 Å². The Labute approximate surface area is 84.2 Å². The number of carbonyl (C=O) groups is 2. The molecule has 1 heterocycles. The fourth-order valence-electron chi connectivity index (χ4n) is 1.36. The Bertz CT molecular complexity index is 244. The molecular weight excluding hydrogens is 182 g/mol. The Hall–Kier alpha value is -1.06. The molecule has 2 unspecified atom stereocenters. The van der Waals surface area contributed by atoms with Crippen molar-refractivity contribution in [1.29, 1.82) is 0 Å². The van der Waals surface area contributed by atoms with Crippen LogP contribution in [0, 0.1) is 5.92 Å². The standard InChI is InChI=1S/C10H17NO3/c1-7-8(6-12)5-11(7)9(13)14-10(2,3)4/h6-8H,5H2,1-4H3. The quantitative estimate of drug-likeness (QED) is 0.600. The highest BCUT2D eigenvalue weighted by molar-refractivity contribution is 5.72. The number of ether oxygens (including phenoxy) is 1. The van der Waals surface area contributed by atoms with E-state index in [4.69, 9.17) is 4.74 Å². The van der Waals surface area contributed by atoms with Gasteiger partial charge in [0.15, 0.2) is 0 Å². The minimum absolute atomic E-state index is 0.0254. The van der Waals surface area contributed by atoms with Gasteiger partial charge in [0.25, 0.3) is 0 Å². The molecule has 0 aromatic carbocycles. The van der Waals surface area contributed by atoms with Gasteiger partial charge in [0.05, 0.1) is 5.92 Å². The van der Waals surface area contributed by atoms with Crippen molar-refractivity contribution in [3.05, 3.63) is 0 Å². The molecule has 14 heavy (non-hydrogen) atoms. The molecule has 1 aliphatic heterocycles. The van der Waals surface area contributed by atoms with Crippen LogP contribution < -0.4 is 0 Å². The Morgan fingerprint density at radius 2 is 2.07 bits per heavy atom. The summed E-state index contributed by atoms with van der Waals surface area (Å²) in [6.07, 6.45) is 0.564. The molecule has 1 saturated heterocycles. The van der Waals surface area contributed by atoms with Gasteiger partial charge in [-0.25, -0.2) is 4.79 Å². The Morgan fingerprint density at radius 1 is 1.50 bits per heavy atom. The third kappa shape index (κ3) is 2.25. The van der Waals surface area contributed by atoms with E-state index in [1.54, 1.807) is 4.90 Å². The van der Waals surface area contributed by atoms with Crippen LogP contribution in [0.5, 0.6) is 0 Å². The summed E-state index contributed by atoms with van der Waals surface area (Å²) in [5, 5.41) is 0. The maximum Gasteiger partial charge on any atom is 0.410 e.